The van der Waals surface area contributed by atoms with Gasteiger partial charge in [-0.05, 0) is 44.1 Å². The SMILES string of the molecule is O=C(NCc1c(F)cccc1Cl)C1(n2cccn2)CCNCC1. The first-order valence-electron chi connectivity index (χ1n) is 7.55. The van der Waals surface area contributed by atoms with Crippen molar-refractivity contribution >= 4 is 17.5 Å². The number of aromatic nitrogens is 2. The van der Waals surface area contributed by atoms with E-state index in [2.05, 4.69) is 15.7 Å². The summed E-state index contributed by atoms with van der Waals surface area (Å²) in [6.07, 6.45) is 4.71. The van der Waals surface area contributed by atoms with Crippen molar-refractivity contribution in [3.05, 3.63) is 53.1 Å². The van der Waals surface area contributed by atoms with Gasteiger partial charge in [0.15, 0.2) is 0 Å². The Kier molecular flexibility index (Phi) is 4.63. The molecule has 5 nitrogen and oxygen atoms in total. The van der Waals surface area contributed by atoms with Gasteiger partial charge in [-0.2, -0.15) is 5.10 Å². The number of carbonyl (C=O) groups excluding carboxylic acids is 1. The van der Waals surface area contributed by atoms with E-state index in [0.29, 0.717) is 23.4 Å². The van der Waals surface area contributed by atoms with E-state index in [1.54, 1.807) is 35.3 Å². The Balaban J connectivity index is 1.80. The number of benzene rings is 1. The second-order valence-electron chi connectivity index (χ2n) is 5.62. The number of hydrogen-bond donors (Lipinski definition) is 2. The Hall–Kier alpha value is -1.92. The van der Waals surface area contributed by atoms with Crippen LogP contribution in [0, 0.1) is 5.82 Å². The molecule has 3 rings (SSSR count). The normalized spacial score (nSPS) is 17.0. The lowest BCUT2D eigenvalue weighted by atomic mass is 9.87. The van der Waals surface area contributed by atoms with E-state index in [4.69, 9.17) is 11.6 Å². The molecule has 1 aromatic heterocycles. The zero-order chi connectivity index (χ0) is 16.3. The molecule has 0 saturated carbocycles. The van der Waals surface area contributed by atoms with Gasteiger partial charge >= 0.3 is 0 Å². The van der Waals surface area contributed by atoms with Crippen molar-refractivity contribution in [1.29, 1.82) is 0 Å². The fourth-order valence-corrected chi connectivity index (χ4v) is 3.19. The lowest BCUT2D eigenvalue weighted by Crippen LogP contribution is -2.54. The largest absolute Gasteiger partial charge is 0.350 e. The minimum atomic E-state index is -0.744. The number of piperidine rings is 1. The van der Waals surface area contributed by atoms with Gasteiger partial charge in [0, 0.05) is 29.5 Å². The van der Waals surface area contributed by atoms with E-state index in [1.165, 1.54) is 6.07 Å². The van der Waals surface area contributed by atoms with Crippen LogP contribution in [0.15, 0.2) is 36.7 Å². The van der Waals surface area contributed by atoms with E-state index in [0.717, 1.165) is 13.1 Å². The number of halogens is 2. The van der Waals surface area contributed by atoms with E-state index in [1.807, 2.05) is 0 Å². The van der Waals surface area contributed by atoms with E-state index in [-0.39, 0.29) is 12.5 Å². The maximum atomic E-state index is 13.8. The van der Waals surface area contributed by atoms with Gasteiger partial charge in [0.1, 0.15) is 11.4 Å². The number of nitrogens with zero attached hydrogens (tertiary/aromatic N) is 2. The molecule has 2 heterocycles. The standard InChI is InChI=1S/C16H18ClFN4O/c17-13-3-1-4-14(18)12(13)11-20-15(23)16(5-8-19-9-6-16)22-10-2-7-21-22/h1-4,7,10,19H,5-6,8-9,11H2,(H,20,23). The van der Waals surface area contributed by atoms with Crippen LogP contribution >= 0.6 is 11.6 Å². The van der Waals surface area contributed by atoms with Crippen LogP contribution in [0.1, 0.15) is 18.4 Å². The molecular weight excluding hydrogens is 319 g/mol. The third-order valence-electron chi connectivity index (χ3n) is 4.28. The van der Waals surface area contributed by atoms with Crippen LogP contribution in [0.3, 0.4) is 0 Å². The molecule has 7 heteroatoms. The van der Waals surface area contributed by atoms with Crippen LogP contribution in [-0.4, -0.2) is 28.8 Å². The molecule has 0 bridgehead atoms. The third-order valence-corrected chi connectivity index (χ3v) is 4.64. The minimum absolute atomic E-state index is 0.0563. The highest BCUT2D eigenvalue weighted by molar-refractivity contribution is 6.31. The fourth-order valence-electron chi connectivity index (χ4n) is 2.96. The Bertz CT molecular complexity index is 663. The predicted molar refractivity (Wildman–Crippen MR) is 85.6 cm³/mol. The summed E-state index contributed by atoms with van der Waals surface area (Å²) in [6.45, 7) is 1.52. The maximum absolute atomic E-state index is 13.8. The molecule has 122 valence electrons. The summed E-state index contributed by atoms with van der Waals surface area (Å²) in [5, 5.41) is 10.6. The predicted octanol–water partition coefficient (Wildman–Crippen LogP) is 2.07. The zero-order valence-corrected chi connectivity index (χ0v) is 13.3. The molecule has 0 atom stereocenters. The molecule has 1 aromatic carbocycles. The van der Waals surface area contributed by atoms with Gasteiger partial charge in [-0.15, -0.1) is 0 Å². The Morgan fingerprint density at radius 1 is 1.39 bits per heavy atom. The fraction of sp³-hybridized carbons (Fsp3) is 0.375. The number of hydrogen-bond acceptors (Lipinski definition) is 3. The van der Waals surface area contributed by atoms with Crippen LogP contribution in [0.4, 0.5) is 4.39 Å². The van der Waals surface area contributed by atoms with Crippen molar-refractivity contribution in [2.75, 3.05) is 13.1 Å². The van der Waals surface area contributed by atoms with Crippen molar-refractivity contribution in [2.45, 2.75) is 24.9 Å². The van der Waals surface area contributed by atoms with Gasteiger partial charge in [0.2, 0.25) is 5.91 Å². The minimum Gasteiger partial charge on any atom is -0.350 e. The van der Waals surface area contributed by atoms with Gasteiger partial charge in [-0.3, -0.25) is 9.48 Å². The number of nitrogens with one attached hydrogen (secondary N) is 2. The molecule has 2 N–H and O–H groups in total. The summed E-state index contributed by atoms with van der Waals surface area (Å²) in [6, 6.07) is 6.28. The zero-order valence-electron chi connectivity index (χ0n) is 12.6. The summed E-state index contributed by atoms with van der Waals surface area (Å²) in [4.78, 5) is 12.8. The lowest BCUT2D eigenvalue weighted by molar-refractivity contribution is -0.132. The topological polar surface area (TPSA) is 59.0 Å². The highest BCUT2D eigenvalue weighted by Gasteiger charge is 2.41. The van der Waals surface area contributed by atoms with Crippen LogP contribution in [0.5, 0.6) is 0 Å². The number of rotatable bonds is 4. The van der Waals surface area contributed by atoms with Gasteiger partial charge in [-0.1, -0.05) is 17.7 Å². The van der Waals surface area contributed by atoms with E-state index in [9.17, 15) is 9.18 Å². The Morgan fingerprint density at radius 2 is 2.17 bits per heavy atom. The highest BCUT2D eigenvalue weighted by Crippen LogP contribution is 2.27. The second kappa shape index (κ2) is 6.68. The molecule has 1 fully saturated rings. The average Bonchev–Trinajstić information content (AvgIpc) is 3.10. The number of amides is 1. The monoisotopic (exact) mass is 336 g/mol. The van der Waals surface area contributed by atoms with E-state index >= 15 is 0 Å². The van der Waals surface area contributed by atoms with Gasteiger partial charge in [0.05, 0.1) is 0 Å². The van der Waals surface area contributed by atoms with Crippen molar-refractivity contribution in [2.24, 2.45) is 0 Å². The summed E-state index contributed by atoms with van der Waals surface area (Å²) >= 11 is 6.01. The summed E-state index contributed by atoms with van der Waals surface area (Å²) in [5.41, 5.74) is -0.445. The van der Waals surface area contributed by atoms with Crippen LogP contribution in [-0.2, 0) is 16.9 Å². The molecule has 1 saturated heterocycles. The van der Waals surface area contributed by atoms with Crippen molar-refractivity contribution < 1.29 is 9.18 Å². The highest BCUT2D eigenvalue weighted by atomic mass is 35.5. The molecule has 23 heavy (non-hydrogen) atoms. The van der Waals surface area contributed by atoms with Crippen LogP contribution in [0.2, 0.25) is 5.02 Å². The Morgan fingerprint density at radius 3 is 2.83 bits per heavy atom. The van der Waals surface area contributed by atoms with Crippen molar-refractivity contribution in [3.63, 3.8) is 0 Å². The van der Waals surface area contributed by atoms with Crippen LogP contribution in [0.25, 0.3) is 0 Å². The third kappa shape index (κ3) is 3.09. The molecule has 0 aliphatic carbocycles. The molecule has 1 aliphatic heterocycles. The molecule has 0 unspecified atom stereocenters. The first-order valence-corrected chi connectivity index (χ1v) is 7.93. The van der Waals surface area contributed by atoms with E-state index < -0.39 is 11.4 Å². The summed E-state index contributed by atoms with van der Waals surface area (Å²) in [5.74, 6) is -0.585. The maximum Gasteiger partial charge on any atom is 0.248 e. The first-order chi connectivity index (χ1) is 11.1. The van der Waals surface area contributed by atoms with Crippen molar-refractivity contribution in [1.82, 2.24) is 20.4 Å². The Labute approximate surface area is 138 Å². The smallest absolute Gasteiger partial charge is 0.248 e. The molecule has 2 aromatic rings. The van der Waals surface area contributed by atoms with Crippen molar-refractivity contribution in [3.8, 4) is 0 Å². The molecule has 1 amide bonds. The van der Waals surface area contributed by atoms with Gasteiger partial charge < -0.3 is 10.6 Å². The molecule has 0 radical (unpaired) electrons. The van der Waals surface area contributed by atoms with Gasteiger partial charge in [-0.25, -0.2) is 4.39 Å². The van der Waals surface area contributed by atoms with Crippen LogP contribution < -0.4 is 10.6 Å². The number of carbonyl (C=O) groups is 1. The molecule has 1 aliphatic rings. The summed E-state index contributed by atoms with van der Waals surface area (Å²) in [7, 11) is 0. The average molecular weight is 337 g/mol. The molecular formula is C16H18ClFN4O. The lowest BCUT2D eigenvalue weighted by Gasteiger charge is -2.36. The van der Waals surface area contributed by atoms with Gasteiger partial charge in [0.25, 0.3) is 0 Å². The summed E-state index contributed by atoms with van der Waals surface area (Å²) < 4.78 is 15.5. The quantitative estimate of drug-likeness (QED) is 0.898. The first kappa shape index (κ1) is 16.0. The molecule has 0 spiro atoms. The second-order valence-corrected chi connectivity index (χ2v) is 6.02.